The summed E-state index contributed by atoms with van der Waals surface area (Å²) in [5.41, 5.74) is 0. The third-order valence-corrected chi connectivity index (χ3v) is 5.52. The number of hydrogen-bond donors (Lipinski definition) is 0. The summed E-state index contributed by atoms with van der Waals surface area (Å²) in [7, 11) is 3.99. The Morgan fingerprint density at radius 3 is 2.54 bits per heavy atom. The zero-order valence-corrected chi connectivity index (χ0v) is 17.0. The fourth-order valence-electron chi connectivity index (χ4n) is 3.35. The van der Waals surface area contributed by atoms with Crippen molar-refractivity contribution in [2.24, 2.45) is 5.92 Å². The summed E-state index contributed by atoms with van der Waals surface area (Å²) in [6.07, 6.45) is 6.11. The van der Waals surface area contributed by atoms with Gasteiger partial charge >= 0.3 is 0 Å². The van der Waals surface area contributed by atoms with E-state index < -0.39 is 6.04 Å². The topological polar surface area (TPSA) is 79.5 Å². The van der Waals surface area contributed by atoms with E-state index in [4.69, 9.17) is 4.42 Å². The van der Waals surface area contributed by atoms with Gasteiger partial charge in [-0.2, -0.15) is 0 Å². The Balaban J connectivity index is 2.09. The van der Waals surface area contributed by atoms with E-state index in [0.717, 1.165) is 44.4 Å². The number of hydrogen-bond acceptors (Lipinski definition) is 7. The third kappa shape index (κ3) is 5.54. The number of thioether (sulfide) groups is 1. The maximum absolute atomic E-state index is 13.0. The summed E-state index contributed by atoms with van der Waals surface area (Å²) >= 11 is 1.43. The summed E-state index contributed by atoms with van der Waals surface area (Å²) in [6, 6.07) is -0.440. The molecule has 1 saturated carbocycles. The minimum absolute atomic E-state index is 0.00119. The average Bonchev–Trinajstić information content (AvgIpc) is 3.08. The number of Topliss-reactive ketones (excluding diaryl/α,β-unsaturated/α-hetero) is 1. The Kier molecular flexibility index (Phi) is 8.09. The van der Waals surface area contributed by atoms with Gasteiger partial charge < -0.3 is 14.2 Å². The normalized spacial score (nSPS) is 16.8. The van der Waals surface area contributed by atoms with Gasteiger partial charge in [0, 0.05) is 18.3 Å². The quantitative estimate of drug-likeness (QED) is 0.350. The molecule has 1 aliphatic carbocycles. The van der Waals surface area contributed by atoms with Gasteiger partial charge in [-0.05, 0) is 32.9 Å². The number of amides is 1. The van der Waals surface area contributed by atoms with E-state index in [1.54, 1.807) is 4.90 Å². The number of carbonyl (C=O) groups excluding carboxylic acids is 2. The van der Waals surface area contributed by atoms with Gasteiger partial charge in [0.1, 0.15) is 6.04 Å². The highest BCUT2D eigenvalue weighted by Gasteiger charge is 2.36. The number of nitrogens with zero attached hydrogens (tertiary/aromatic N) is 4. The number of rotatable bonds is 10. The van der Waals surface area contributed by atoms with Crippen molar-refractivity contribution in [2.45, 2.75) is 63.3 Å². The van der Waals surface area contributed by atoms with E-state index in [-0.39, 0.29) is 23.6 Å². The molecule has 0 spiro atoms. The van der Waals surface area contributed by atoms with Crippen LogP contribution in [0.4, 0.5) is 0 Å². The lowest BCUT2D eigenvalue weighted by Gasteiger charge is -2.37. The average molecular weight is 383 g/mol. The van der Waals surface area contributed by atoms with E-state index in [0.29, 0.717) is 5.22 Å². The van der Waals surface area contributed by atoms with Gasteiger partial charge in [0.2, 0.25) is 12.2 Å². The molecule has 7 nitrogen and oxygen atoms in total. The fourth-order valence-corrected chi connectivity index (χ4v) is 4.22. The molecule has 1 fully saturated rings. The maximum atomic E-state index is 13.0. The lowest BCUT2D eigenvalue weighted by molar-refractivity contribution is -0.123. The second-order valence-corrected chi connectivity index (χ2v) is 8.47. The van der Waals surface area contributed by atoms with Crippen LogP contribution in [0.1, 0.15) is 56.6 Å². The molecule has 0 saturated heterocycles. The van der Waals surface area contributed by atoms with Crippen LogP contribution >= 0.6 is 11.8 Å². The van der Waals surface area contributed by atoms with Gasteiger partial charge in [0.05, 0.1) is 0 Å². The van der Waals surface area contributed by atoms with E-state index >= 15 is 0 Å². The van der Waals surface area contributed by atoms with Crippen molar-refractivity contribution in [3.8, 4) is 0 Å². The predicted octanol–water partition coefficient (Wildman–Crippen LogP) is 2.72. The SMILES string of the molecule is CC(C)[C@@H](C(=O)c1nnc(SCCN(C)C)o1)N(C=O)C1CCCCC1. The number of ketones is 1. The Hall–Kier alpha value is -1.41. The van der Waals surface area contributed by atoms with Gasteiger partial charge in [-0.15, -0.1) is 10.2 Å². The Labute approximate surface area is 159 Å². The van der Waals surface area contributed by atoms with Crippen molar-refractivity contribution >= 4 is 24.0 Å². The van der Waals surface area contributed by atoms with Crippen molar-refractivity contribution in [1.29, 1.82) is 0 Å². The first kappa shape index (κ1) is 20.9. The number of aromatic nitrogens is 2. The van der Waals surface area contributed by atoms with Gasteiger partial charge in [0.15, 0.2) is 0 Å². The molecule has 1 atom stereocenters. The lowest BCUT2D eigenvalue weighted by atomic mass is 9.90. The molecular weight excluding hydrogens is 352 g/mol. The molecule has 146 valence electrons. The van der Waals surface area contributed by atoms with Gasteiger partial charge in [-0.3, -0.25) is 9.59 Å². The molecule has 1 aromatic rings. The van der Waals surface area contributed by atoms with Gasteiger partial charge in [0.25, 0.3) is 11.1 Å². The predicted molar refractivity (Wildman–Crippen MR) is 101 cm³/mol. The van der Waals surface area contributed by atoms with Crippen molar-refractivity contribution in [3.63, 3.8) is 0 Å². The standard InChI is InChI=1S/C18H30N4O3S/c1-13(2)15(22(12-23)14-8-6-5-7-9-14)16(24)17-19-20-18(25-17)26-11-10-21(3)4/h12-15H,5-11H2,1-4H3/t15-/m0/s1. The lowest BCUT2D eigenvalue weighted by Crippen LogP contribution is -2.50. The molecule has 0 aromatic carbocycles. The van der Waals surface area contributed by atoms with E-state index in [1.165, 1.54) is 18.2 Å². The van der Waals surface area contributed by atoms with Crippen LogP contribution in [0.3, 0.4) is 0 Å². The molecule has 0 N–H and O–H groups in total. The zero-order valence-electron chi connectivity index (χ0n) is 16.2. The van der Waals surface area contributed by atoms with Crippen molar-refractivity contribution < 1.29 is 14.0 Å². The second-order valence-electron chi connectivity index (χ2n) is 7.42. The first-order valence-electron chi connectivity index (χ1n) is 9.32. The summed E-state index contributed by atoms with van der Waals surface area (Å²) in [5.74, 6) is 0.522. The largest absolute Gasteiger partial charge is 0.408 e. The highest BCUT2D eigenvalue weighted by Crippen LogP contribution is 2.27. The minimum atomic E-state index is -0.560. The molecule has 0 unspecified atom stereocenters. The summed E-state index contributed by atoms with van der Waals surface area (Å²) < 4.78 is 5.57. The van der Waals surface area contributed by atoms with Gasteiger partial charge in [-0.25, -0.2) is 0 Å². The molecular formula is C18H30N4O3S. The zero-order chi connectivity index (χ0) is 19.1. The van der Waals surface area contributed by atoms with Crippen LogP contribution < -0.4 is 0 Å². The van der Waals surface area contributed by atoms with Crippen LogP contribution in [-0.2, 0) is 4.79 Å². The molecule has 1 heterocycles. The molecule has 26 heavy (non-hydrogen) atoms. The summed E-state index contributed by atoms with van der Waals surface area (Å²) in [4.78, 5) is 28.6. The Morgan fingerprint density at radius 1 is 1.27 bits per heavy atom. The van der Waals surface area contributed by atoms with Crippen LogP contribution in [-0.4, -0.2) is 70.7 Å². The molecule has 1 aliphatic rings. The maximum Gasteiger partial charge on any atom is 0.286 e. The smallest absolute Gasteiger partial charge is 0.286 e. The monoisotopic (exact) mass is 382 g/mol. The van der Waals surface area contributed by atoms with E-state index in [1.807, 2.05) is 27.9 Å². The van der Waals surface area contributed by atoms with E-state index in [2.05, 4.69) is 15.1 Å². The van der Waals surface area contributed by atoms with Crippen LogP contribution in [0.5, 0.6) is 0 Å². The second kappa shape index (κ2) is 10.1. The molecule has 2 rings (SSSR count). The van der Waals surface area contributed by atoms with Crippen molar-refractivity contribution in [2.75, 3.05) is 26.4 Å². The van der Waals surface area contributed by atoms with Crippen LogP contribution in [0.2, 0.25) is 0 Å². The third-order valence-electron chi connectivity index (χ3n) is 4.72. The molecule has 0 bridgehead atoms. The van der Waals surface area contributed by atoms with Gasteiger partial charge in [-0.1, -0.05) is 44.9 Å². The van der Waals surface area contributed by atoms with Crippen LogP contribution in [0.25, 0.3) is 0 Å². The minimum Gasteiger partial charge on any atom is -0.408 e. The summed E-state index contributed by atoms with van der Waals surface area (Å²) in [6.45, 7) is 4.78. The molecule has 1 aromatic heterocycles. The first-order valence-corrected chi connectivity index (χ1v) is 10.3. The van der Waals surface area contributed by atoms with Crippen molar-refractivity contribution in [3.05, 3.63) is 5.89 Å². The molecule has 8 heteroatoms. The van der Waals surface area contributed by atoms with E-state index in [9.17, 15) is 9.59 Å². The highest BCUT2D eigenvalue weighted by atomic mass is 32.2. The molecule has 1 amide bonds. The Morgan fingerprint density at radius 2 is 1.96 bits per heavy atom. The van der Waals surface area contributed by atoms with Crippen molar-refractivity contribution in [1.82, 2.24) is 20.0 Å². The molecule has 0 radical (unpaired) electrons. The molecule has 0 aliphatic heterocycles. The highest BCUT2D eigenvalue weighted by molar-refractivity contribution is 7.99. The fraction of sp³-hybridized carbons (Fsp3) is 0.778. The summed E-state index contributed by atoms with van der Waals surface area (Å²) in [5, 5.41) is 8.31. The van der Waals surface area contributed by atoms with Crippen LogP contribution in [0.15, 0.2) is 9.64 Å². The number of carbonyl (C=O) groups is 2. The first-order chi connectivity index (χ1) is 12.4. The Bertz CT molecular complexity index is 585. The van der Waals surface area contributed by atoms with Crippen LogP contribution in [0, 0.1) is 5.92 Å².